The first kappa shape index (κ1) is 18.9. The van der Waals surface area contributed by atoms with E-state index in [1.54, 1.807) is 4.90 Å². The monoisotopic (exact) mass is 439 g/mol. The molecule has 4 rings (SSSR count). The maximum absolute atomic E-state index is 13.3. The van der Waals surface area contributed by atoms with Gasteiger partial charge in [-0.25, -0.2) is 0 Å². The van der Waals surface area contributed by atoms with E-state index in [9.17, 15) is 9.59 Å². The second-order valence-electron chi connectivity index (χ2n) is 7.45. The molecule has 1 fully saturated rings. The fourth-order valence-electron chi connectivity index (χ4n) is 3.82. The number of rotatable bonds is 3. The molecule has 2 aromatic rings. The molecule has 2 aliphatic rings. The molecule has 144 valence electrons. The summed E-state index contributed by atoms with van der Waals surface area (Å²) in [4.78, 5) is 32.4. The van der Waals surface area contributed by atoms with Crippen LogP contribution in [0, 0.1) is 19.8 Å². The van der Waals surface area contributed by atoms with Gasteiger partial charge in [-0.05, 0) is 80.6 Å². The predicted molar refractivity (Wildman–Crippen MR) is 115 cm³/mol. The van der Waals surface area contributed by atoms with Crippen molar-refractivity contribution in [1.29, 1.82) is 0 Å². The summed E-state index contributed by atoms with van der Waals surface area (Å²) in [6.45, 7) is 4.03. The molecule has 1 heterocycles. The second kappa shape index (κ2) is 7.51. The van der Waals surface area contributed by atoms with Gasteiger partial charge in [0.25, 0.3) is 0 Å². The van der Waals surface area contributed by atoms with Gasteiger partial charge in [0.2, 0.25) is 11.8 Å². The van der Waals surface area contributed by atoms with E-state index in [2.05, 4.69) is 21.2 Å². The zero-order chi connectivity index (χ0) is 19.8. The normalized spacial score (nSPS) is 18.2. The van der Waals surface area contributed by atoms with Gasteiger partial charge in [-0.3, -0.25) is 14.6 Å². The van der Waals surface area contributed by atoms with E-state index in [0.29, 0.717) is 5.69 Å². The van der Waals surface area contributed by atoms with E-state index < -0.39 is 0 Å². The average molecular weight is 440 g/mol. The van der Waals surface area contributed by atoms with E-state index in [0.717, 1.165) is 51.9 Å². The van der Waals surface area contributed by atoms with Crippen molar-refractivity contribution in [3.8, 4) is 0 Å². The fraction of sp³-hybridized carbons (Fsp3) is 0.318. The van der Waals surface area contributed by atoms with Crippen molar-refractivity contribution in [2.45, 2.75) is 33.1 Å². The highest BCUT2D eigenvalue weighted by atomic mass is 79.9. The Kier molecular flexibility index (Phi) is 5.06. The second-order valence-corrected chi connectivity index (χ2v) is 8.37. The van der Waals surface area contributed by atoms with Crippen LogP contribution in [0.15, 0.2) is 45.9 Å². The molecule has 1 aliphatic carbocycles. The van der Waals surface area contributed by atoms with Gasteiger partial charge in [-0.1, -0.05) is 15.9 Å². The number of aliphatic imine (C=N–C) groups is 1. The van der Waals surface area contributed by atoms with Crippen LogP contribution in [0.3, 0.4) is 0 Å². The lowest BCUT2D eigenvalue weighted by Crippen LogP contribution is -2.41. The third-order valence-electron chi connectivity index (χ3n) is 5.47. The zero-order valence-corrected chi connectivity index (χ0v) is 17.5. The molecule has 6 heteroatoms. The minimum absolute atomic E-state index is 0.0239. The van der Waals surface area contributed by atoms with Gasteiger partial charge in [-0.2, -0.15) is 0 Å². The van der Waals surface area contributed by atoms with Crippen molar-refractivity contribution in [2.24, 2.45) is 10.9 Å². The number of benzene rings is 2. The first-order chi connectivity index (χ1) is 13.4. The summed E-state index contributed by atoms with van der Waals surface area (Å²) in [7, 11) is 0. The Labute approximate surface area is 173 Å². The summed E-state index contributed by atoms with van der Waals surface area (Å²) >= 11 is 3.39. The molecule has 0 bridgehead atoms. The van der Waals surface area contributed by atoms with Crippen LogP contribution in [0.5, 0.6) is 0 Å². The van der Waals surface area contributed by atoms with Crippen LogP contribution >= 0.6 is 15.9 Å². The Morgan fingerprint density at radius 1 is 1.21 bits per heavy atom. The van der Waals surface area contributed by atoms with E-state index in [-0.39, 0.29) is 24.3 Å². The lowest BCUT2D eigenvalue weighted by atomic mass is 10.0. The smallest absolute Gasteiger partial charge is 0.244 e. The number of nitrogens with zero attached hydrogens (tertiary/aromatic N) is 2. The van der Waals surface area contributed by atoms with Crippen molar-refractivity contribution in [3.63, 3.8) is 0 Å². The molecule has 0 saturated heterocycles. The summed E-state index contributed by atoms with van der Waals surface area (Å²) in [6, 6.07) is 11.4. The Morgan fingerprint density at radius 2 is 1.93 bits per heavy atom. The predicted octanol–water partition coefficient (Wildman–Crippen LogP) is 4.92. The lowest BCUT2D eigenvalue weighted by Gasteiger charge is -2.25. The van der Waals surface area contributed by atoms with Crippen molar-refractivity contribution in [3.05, 3.63) is 52.0 Å². The van der Waals surface area contributed by atoms with Gasteiger partial charge in [0, 0.05) is 15.9 Å². The van der Waals surface area contributed by atoms with Gasteiger partial charge in [0.1, 0.15) is 6.54 Å². The summed E-state index contributed by atoms with van der Waals surface area (Å²) in [5.41, 5.74) is 5.37. The van der Waals surface area contributed by atoms with Crippen LogP contribution in [0.4, 0.5) is 17.1 Å². The Bertz CT molecular complexity index is 982. The zero-order valence-electron chi connectivity index (χ0n) is 16.0. The minimum Gasteiger partial charge on any atom is -0.325 e. The third-order valence-corrected chi connectivity index (χ3v) is 6.00. The summed E-state index contributed by atoms with van der Waals surface area (Å²) in [5.74, 6) is -0.459. The molecule has 0 aromatic heterocycles. The van der Waals surface area contributed by atoms with Gasteiger partial charge in [0.05, 0.1) is 17.3 Å². The summed E-state index contributed by atoms with van der Waals surface area (Å²) in [6.07, 6.45) is 2.62. The molecule has 1 atom stereocenters. The average Bonchev–Trinajstić information content (AvgIpc) is 3.09. The van der Waals surface area contributed by atoms with Crippen LogP contribution in [-0.4, -0.2) is 24.1 Å². The molecule has 0 unspecified atom stereocenters. The highest BCUT2D eigenvalue weighted by Gasteiger charge is 2.37. The highest BCUT2D eigenvalue weighted by molar-refractivity contribution is 9.10. The van der Waals surface area contributed by atoms with E-state index in [4.69, 9.17) is 4.99 Å². The van der Waals surface area contributed by atoms with Gasteiger partial charge in [-0.15, -0.1) is 0 Å². The number of hydrogen-bond acceptors (Lipinski definition) is 3. The van der Waals surface area contributed by atoms with E-state index in [1.165, 1.54) is 0 Å². The maximum Gasteiger partial charge on any atom is 0.244 e. The van der Waals surface area contributed by atoms with Gasteiger partial charge in [0.15, 0.2) is 0 Å². The first-order valence-electron chi connectivity index (χ1n) is 9.48. The summed E-state index contributed by atoms with van der Waals surface area (Å²) < 4.78 is 0.943. The number of aryl methyl sites for hydroxylation is 2. The van der Waals surface area contributed by atoms with Crippen molar-refractivity contribution in [2.75, 3.05) is 16.8 Å². The number of nitrogens with one attached hydrogen (secondary N) is 1. The Balaban J connectivity index is 1.65. The number of anilines is 2. The van der Waals surface area contributed by atoms with Crippen LogP contribution in [0.25, 0.3) is 0 Å². The Hall–Kier alpha value is -2.47. The standard InChI is InChI=1S/C22H22BrN3O2/c1-13-10-19-20(11-14(13)2)26(22(28)17-4-3-5-18(17)25-19)12-21(27)24-16-8-6-15(23)7-9-16/h6-11,17H,3-5,12H2,1-2H3,(H,24,27)/t17-/m0/s1. The summed E-state index contributed by atoms with van der Waals surface area (Å²) in [5, 5.41) is 2.88. The lowest BCUT2D eigenvalue weighted by molar-refractivity contribution is -0.122. The number of fused-ring (bicyclic) bond motifs is 2. The van der Waals surface area contributed by atoms with Gasteiger partial charge >= 0.3 is 0 Å². The molecule has 0 radical (unpaired) electrons. The van der Waals surface area contributed by atoms with Crippen molar-refractivity contribution >= 4 is 50.5 Å². The number of amides is 2. The Morgan fingerprint density at radius 3 is 2.68 bits per heavy atom. The number of hydrogen-bond donors (Lipinski definition) is 1. The van der Waals surface area contributed by atoms with Crippen LogP contribution in [0.2, 0.25) is 0 Å². The van der Waals surface area contributed by atoms with Crippen LogP contribution in [-0.2, 0) is 9.59 Å². The molecule has 28 heavy (non-hydrogen) atoms. The minimum atomic E-state index is -0.221. The molecule has 1 aliphatic heterocycles. The molecule has 2 aromatic carbocycles. The van der Waals surface area contributed by atoms with E-state index >= 15 is 0 Å². The van der Waals surface area contributed by atoms with Crippen molar-refractivity contribution < 1.29 is 9.59 Å². The molecular weight excluding hydrogens is 418 g/mol. The number of carbonyl (C=O) groups is 2. The fourth-order valence-corrected chi connectivity index (χ4v) is 4.09. The van der Waals surface area contributed by atoms with Crippen LogP contribution < -0.4 is 10.2 Å². The SMILES string of the molecule is Cc1cc2c(cc1C)N(CC(=O)Nc1ccc(Br)cc1)C(=O)[C@H]1CCCC1=N2. The van der Waals surface area contributed by atoms with E-state index in [1.807, 2.05) is 50.2 Å². The van der Waals surface area contributed by atoms with Gasteiger partial charge < -0.3 is 10.2 Å². The molecule has 1 saturated carbocycles. The largest absolute Gasteiger partial charge is 0.325 e. The molecule has 0 spiro atoms. The van der Waals surface area contributed by atoms with Crippen LogP contribution in [0.1, 0.15) is 30.4 Å². The van der Waals surface area contributed by atoms with Crippen molar-refractivity contribution in [1.82, 2.24) is 0 Å². The number of halogens is 1. The molecule has 1 N–H and O–H groups in total. The molecule has 5 nitrogen and oxygen atoms in total. The maximum atomic E-state index is 13.3. The quantitative estimate of drug-likeness (QED) is 0.736. The third kappa shape index (κ3) is 3.61. The topological polar surface area (TPSA) is 61.8 Å². The molecular formula is C22H22BrN3O2. The number of carbonyl (C=O) groups excluding carboxylic acids is 2. The first-order valence-corrected chi connectivity index (χ1v) is 10.3. The highest BCUT2D eigenvalue weighted by Crippen LogP contribution is 2.39. The molecule has 2 amide bonds.